The molecule has 6 heteroatoms. The Balaban J connectivity index is 1.55. The normalized spacial score (nSPS) is 11.7. The number of aromatic amines is 1. The van der Waals surface area contributed by atoms with Crippen LogP contribution in [0.3, 0.4) is 0 Å². The second-order valence-electron chi connectivity index (χ2n) is 6.72. The molecule has 1 heterocycles. The number of fused-ring (bicyclic) bond motifs is 1. The molecule has 0 amide bonds. The summed E-state index contributed by atoms with van der Waals surface area (Å²) >= 11 is 0. The van der Waals surface area contributed by atoms with E-state index in [1.165, 1.54) is 0 Å². The third-order valence-electron chi connectivity index (χ3n) is 4.60. The zero-order valence-corrected chi connectivity index (χ0v) is 16.2. The lowest BCUT2D eigenvalue weighted by atomic mass is 10.1. The average molecular weight is 385 g/mol. The quantitative estimate of drug-likeness (QED) is 0.627. The molecule has 0 aliphatic carbocycles. The van der Waals surface area contributed by atoms with Crippen molar-refractivity contribution >= 4 is 20.9 Å². The number of rotatable bonds is 8. The van der Waals surface area contributed by atoms with E-state index in [1.807, 2.05) is 61.5 Å². The molecule has 5 nitrogen and oxygen atoms in total. The van der Waals surface area contributed by atoms with Crippen LogP contribution < -0.4 is 10.3 Å². The second-order valence-corrected chi connectivity index (χ2v) is 8.64. The summed E-state index contributed by atoms with van der Waals surface area (Å²) in [6.07, 6.45) is 1.65. The molecule has 3 aromatic rings. The lowest BCUT2D eigenvalue weighted by Gasteiger charge is -2.08. The van der Waals surface area contributed by atoms with Gasteiger partial charge in [0.1, 0.15) is 0 Å². The van der Waals surface area contributed by atoms with Crippen LogP contribution in [0.1, 0.15) is 23.1 Å². The molecule has 1 aromatic heterocycles. The van der Waals surface area contributed by atoms with Crippen molar-refractivity contribution in [3.63, 3.8) is 0 Å². The van der Waals surface area contributed by atoms with Gasteiger partial charge in [-0.15, -0.1) is 0 Å². The molecule has 0 unspecified atom stereocenters. The standard InChI is InChI=1S/C21H24N2O3S/c1-16-7-5-11-18-15-19(21(24)23-20(16)18)12-13-22-27(25,26)14-6-10-17-8-3-2-4-9-17/h2-5,7-9,11,15,22H,6,10,12-14H2,1H3,(H,23,24). The van der Waals surface area contributed by atoms with Gasteiger partial charge in [0.25, 0.3) is 5.56 Å². The fourth-order valence-electron chi connectivity index (χ4n) is 3.14. The third kappa shape index (κ3) is 5.28. The molecule has 142 valence electrons. The Bertz CT molecular complexity index is 1070. The van der Waals surface area contributed by atoms with E-state index in [-0.39, 0.29) is 17.9 Å². The Kier molecular flexibility index (Phi) is 6.08. The molecular formula is C21H24N2O3S. The van der Waals surface area contributed by atoms with E-state index in [0.29, 0.717) is 18.4 Å². The summed E-state index contributed by atoms with van der Waals surface area (Å²) in [6.45, 7) is 2.16. The summed E-state index contributed by atoms with van der Waals surface area (Å²) in [6, 6.07) is 17.5. The predicted molar refractivity (Wildman–Crippen MR) is 110 cm³/mol. The molecule has 27 heavy (non-hydrogen) atoms. The van der Waals surface area contributed by atoms with Crippen LogP contribution >= 0.6 is 0 Å². The molecule has 0 atom stereocenters. The highest BCUT2D eigenvalue weighted by Gasteiger charge is 2.11. The fraction of sp³-hybridized carbons (Fsp3) is 0.286. The number of aromatic nitrogens is 1. The highest BCUT2D eigenvalue weighted by molar-refractivity contribution is 7.89. The number of H-pyrrole nitrogens is 1. The van der Waals surface area contributed by atoms with Crippen LogP contribution in [0.2, 0.25) is 0 Å². The molecule has 3 rings (SSSR count). The molecule has 0 saturated heterocycles. The van der Waals surface area contributed by atoms with E-state index < -0.39 is 10.0 Å². The zero-order valence-electron chi connectivity index (χ0n) is 15.4. The summed E-state index contributed by atoms with van der Waals surface area (Å²) in [5, 5.41) is 0.954. The highest BCUT2D eigenvalue weighted by Crippen LogP contribution is 2.15. The van der Waals surface area contributed by atoms with Gasteiger partial charge >= 0.3 is 0 Å². The number of pyridine rings is 1. The third-order valence-corrected chi connectivity index (χ3v) is 6.07. The first kappa shape index (κ1) is 19.3. The Labute approximate surface area is 159 Å². The number of hydrogen-bond acceptors (Lipinski definition) is 3. The van der Waals surface area contributed by atoms with Crippen molar-refractivity contribution in [3.05, 3.63) is 81.6 Å². The van der Waals surface area contributed by atoms with Gasteiger partial charge in [0.2, 0.25) is 10.0 Å². The number of nitrogens with one attached hydrogen (secondary N) is 2. The first-order valence-corrected chi connectivity index (χ1v) is 10.7. The van der Waals surface area contributed by atoms with Gasteiger partial charge in [-0.2, -0.15) is 0 Å². The van der Waals surface area contributed by atoms with Gasteiger partial charge in [0, 0.05) is 12.1 Å². The molecule has 0 radical (unpaired) electrons. The van der Waals surface area contributed by atoms with E-state index in [2.05, 4.69) is 9.71 Å². The van der Waals surface area contributed by atoms with Crippen molar-refractivity contribution in [2.45, 2.75) is 26.2 Å². The maximum atomic E-state index is 12.2. The minimum atomic E-state index is -3.35. The number of hydrogen-bond donors (Lipinski definition) is 2. The van der Waals surface area contributed by atoms with Crippen molar-refractivity contribution in [1.29, 1.82) is 0 Å². The molecule has 0 bridgehead atoms. The molecular weight excluding hydrogens is 360 g/mol. The Morgan fingerprint density at radius 1 is 1.00 bits per heavy atom. The Morgan fingerprint density at radius 2 is 1.78 bits per heavy atom. The van der Waals surface area contributed by atoms with Gasteiger partial charge in [0.15, 0.2) is 0 Å². The Hall–Kier alpha value is -2.44. The number of benzene rings is 2. The van der Waals surface area contributed by atoms with Crippen LogP contribution in [0, 0.1) is 6.92 Å². The first-order valence-electron chi connectivity index (χ1n) is 9.07. The van der Waals surface area contributed by atoms with Crippen LogP contribution in [0.25, 0.3) is 10.9 Å². The molecule has 0 aliphatic rings. The summed E-state index contributed by atoms with van der Waals surface area (Å²) in [4.78, 5) is 15.1. The highest BCUT2D eigenvalue weighted by atomic mass is 32.2. The summed E-state index contributed by atoms with van der Waals surface area (Å²) in [5.74, 6) is 0.0785. The Morgan fingerprint density at radius 3 is 2.56 bits per heavy atom. The van der Waals surface area contributed by atoms with Gasteiger partial charge in [-0.05, 0) is 48.8 Å². The smallest absolute Gasteiger partial charge is 0.251 e. The number of aryl methyl sites for hydroxylation is 2. The van der Waals surface area contributed by atoms with Crippen LogP contribution in [0.4, 0.5) is 0 Å². The van der Waals surface area contributed by atoms with Crippen molar-refractivity contribution < 1.29 is 8.42 Å². The van der Waals surface area contributed by atoms with Crippen LogP contribution in [0.5, 0.6) is 0 Å². The minimum Gasteiger partial charge on any atom is -0.321 e. The fourth-order valence-corrected chi connectivity index (χ4v) is 4.22. The molecule has 2 aromatic carbocycles. The predicted octanol–water partition coefficient (Wildman–Crippen LogP) is 2.93. The lowest BCUT2D eigenvalue weighted by Crippen LogP contribution is -2.29. The van der Waals surface area contributed by atoms with Gasteiger partial charge < -0.3 is 4.98 Å². The summed E-state index contributed by atoms with van der Waals surface area (Å²) in [7, 11) is -3.35. The zero-order chi connectivity index (χ0) is 19.3. The van der Waals surface area contributed by atoms with Crippen LogP contribution in [-0.4, -0.2) is 25.7 Å². The van der Waals surface area contributed by atoms with E-state index in [4.69, 9.17) is 0 Å². The molecule has 0 saturated carbocycles. The summed E-state index contributed by atoms with van der Waals surface area (Å²) in [5.41, 5.74) is 3.38. The van der Waals surface area contributed by atoms with Gasteiger partial charge in [-0.1, -0.05) is 48.5 Å². The second kappa shape index (κ2) is 8.50. The SMILES string of the molecule is Cc1cccc2cc(CCNS(=O)(=O)CCCc3ccccc3)c(=O)[nH]c12. The number of para-hydroxylation sites is 1. The van der Waals surface area contributed by atoms with E-state index in [9.17, 15) is 13.2 Å². The maximum Gasteiger partial charge on any atom is 0.251 e. The summed E-state index contributed by atoms with van der Waals surface area (Å²) < 4.78 is 26.9. The van der Waals surface area contributed by atoms with Gasteiger partial charge in [0.05, 0.1) is 11.3 Å². The van der Waals surface area contributed by atoms with Crippen LogP contribution in [0.15, 0.2) is 59.4 Å². The monoisotopic (exact) mass is 384 g/mol. The largest absolute Gasteiger partial charge is 0.321 e. The van der Waals surface area contributed by atoms with Crippen LogP contribution in [-0.2, 0) is 22.9 Å². The lowest BCUT2D eigenvalue weighted by molar-refractivity contribution is 0.578. The topological polar surface area (TPSA) is 79.0 Å². The maximum absolute atomic E-state index is 12.2. The average Bonchev–Trinajstić information content (AvgIpc) is 2.64. The van der Waals surface area contributed by atoms with Crippen molar-refractivity contribution in [3.8, 4) is 0 Å². The van der Waals surface area contributed by atoms with Crippen molar-refractivity contribution in [2.24, 2.45) is 0 Å². The van der Waals surface area contributed by atoms with E-state index in [0.717, 1.165) is 28.5 Å². The molecule has 0 aliphatic heterocycles. The molecule has 2 N–H and O–H groups in total. The molecule has 0 fully saturated rings. The van der Waals surface area contributed by atoms with E-state index in [1.54, 1.807) is 0 Å². The van der Waals surface area contributed by atoms with Gasteiger partial charge in [-0.25, -0.2) is 13.1 Å². The van der Waals surface area contributed by atoms with Crippen molar-refractivity contribution in [2.75, 3.05) is 12.3 Å². The number of sulfonamides is 1. The van der Waals surface area contributed by atoms with Crippen molar-refractivity contribution in [1.82, 2.24) is 9.71 Å². The van der Waals surface area contributed by atoms with E-state index >= 15 is 0 Å². The minimum absolute atomic E-state index is 0.0785. The first-order chi connectivity index (χ1) is 12.9. The van der Waals surface area contributed by atoms with Gasteiger partial charge in [-0.3, -0.25) is 4.79 Å². The molecule has 0 spiro atoms.